The van der Waals surface area contributed by atoms with Crippen LogP contribution >= 0.6 is 11.3 Å². The SMILES string of the molecule is COc1ccc(NC(=O)c2csc(Nc3ccc(OC)c(OC)c3)n2)cc1. The number of nitrogens with one attached hydrogen (secondary N) is 2. The molecule has 0 fully saturated rings. The molecular formula is C19H19N3O4S. The Morgan fingerprint density at radius 3 is 2.30 bits per heavy atom. The maximum Gasteiger partial charge on any atom is 0.275 e. The Labute approximate surface area is 160 Å². The zero-order valence-corrected chi connectivity index (χ0v) is 15.9. The van der Waals surface area contributed by atoms with Crippen molar-refractivity contribution in [2.45, 2.75) is 0 Å². The summed E-state index contributed by atoms with van der Waals surface area (Å²) >= 11 is 1.34. The zero-order valence-electron chi connectivity index (χ0n) is 15.1. The normalized spacial score (nSPS) is 10.2. The van der Waals surface area contributed by atoms with Crippen molar-refractivity contribution in [2.75, 3.05) is 32.0 Å². The number of thiazole rings is 1. The van der Waals surface area contributed by atoms with Gasteiger partial charge in [0.1, 0.15) is 11.4 Å². The average molecular weight is 385 g/mol. The van der Waals surface area contributed by atoms with Crippen molar-refractivity contribution < 1.29 is 19.0 Å². The van der Waals surface area contributed by atoms with Crippen LogP contribution in [-0.2, 0) is 0 Å². The lowest BCUT2D eigenvalue weighted by atomic mass is 10.3. The van der Waals surface area contributed by atoms with Gasteiger partial charge in [-0.2, -0.15) is 0 Å². The van der Waals surface area contributed by atoms with E-state index in [9.17, 15) is 4.79 Å². The summed E-state index contributed by atoms with van der Waals surface area (Å²) in [6.45, 7) is 0. The summed E-state index contributed by atoms with van der Waals surface area (Å²) in [7, 11) is 4.75. The van der Waals surface area contributed by atoms with Crippen molar-refractivity contribution >= 4 is 33.8 Å². The van der Waals surface area contributed by atoms with Crippen molar-refractivity contribution in [1.82, 2.24) is 4.98 Å². The molecule has 140 valence electrons. The maximum absolute atomic E-state index is 12.4. The molecule has 2 N–H and O–H groups in total. The molecule has 0 aliphatic heterocycles. The fourth-order valence-corrected chi connectivity index (χ4v) is 3.05. The number of benzene rings is 2. The number of carbonyl (C=O) groups is 1. The van der Waals surface area contributed by atoms with Gasteiger partial charge in [0.05, 0.1) is 21.3 Å². The van der Waals surface area contributed by atoms with E-state index in [0.717, 1.165) is 11.4 Å². The molecule has 27 heavy (non-hydrogen) atoms. The molecule has 0 atom stereocenters. The standard InChI is InChI=1S/C19H19N3O4S/c1-24-14-7-4-12(5-8-14)20-18(23)15-11-27-19(22-15)21-13-6-9-16(25-2)17(10-13)26-3/h4-11H,1-3H3,(H,20,23)(H,21,22). The highest BCUT2D eigenvalue weighted by Gasteiger charge is 2.12. The number of carbonyl (C=O) groups excluding carboxylic acids is 1. The molecule has 3 aromatic rings. The number of amides is 1. The lowest BCUT2D eigenvalue weighted by Crippen LogP contribution is -2.12. The van der Waals surface area contributed by atoms with Crippen molar-refractivity contribution in [2.24, 2.45) is 0 Å². The number of hydrogen-bond donors (Lipinski definition) is 2. The van der Waals surface area contributed by atoms with Gasteiger partial charge in [0.15, 0.2) is 16.6 Å². The molecule has 0 spiro atoms. The topological polar surface area (TPSA) is 81.7 Å². The van der Waals surface area contributed by atoms with E-state index in [1.807, 2.05) is 6.07 Å². The van der Waals surface area contributed by atoms with E-state index in [1.165, 1.54) is 11.3 Å². The van der Waals surface area contributed by atoms with Crippen molar-refractivity contribution in [3.8, 4) is 17.2 Å². The minimum absolute atomic E-state index is 0.281. The Morgan fingerprint density at radius 2 is 1.63 bits per heavy atom. The van der Waals surface area contributed by atoms with Gasteiger partial charge in [-0.05, 0) is 36.4 Å². The Bertz CT molecular complexity index is 925. The van der Waals surface area contributed by atoms with Gasteiger partial charge in [-0.1, -0.05) is 0 Å². The van der Waals surface area contributed by atoms with Crippen LogP contribution in [0, 0.1) is 0 Å². The third-order valence-electron chi connectivity index (χ3n) is 3.72. The van der Waals surface area contributed by atoms with Crippen LogP contribution in [0.15, 0.2) is 47.8 Å². The highest BCUT2D eigenvalue weighted by atomic mass is 32.1. The second-order valence-electron chi connectivity index (χ2n) is 5.42. The van der Waals surface area contributed by atoms with Gasteiger partial charge in [0, 0.05) is 22.8 Å². The minimum atomic E-state index is -0.281. The summed E-state index contributed by atoms with van der Waals surface area (Å²) in [6, 6.07) is 12.5. The minimum Gasteiger partial charge on any atom is -0.497 e. The lowest BCUT2D eigenvalue weighted by molar-refractivity contribution is 0.102. The number of rotatable bonds is 7. The predicted octanol–water partition coefficient (Wildman–Crippen LogP) is 4.16. The van der Waals surface area contributed by atoms with Crippen molar-refractivity contribution in [1.29, 1.82) is 0 Å². The fourth-order valence-electron chi connectivity index (χ4n) is 2.34. The van der Waals surface area contributed by atoms with Crippen LogP contribution < -0.4 is 24.8 Å². The number of aromatic nitrogens is 1. The van der Waals surface area contributed by atoms with Crippen LogP contribution in [0.1, 0.15) is 10.5 Å². The van der Waals surface area contributed by atoms with Gasteiger partial charge in [-0.25, -0.2) is 4.98 Å². The molecule has 3 rings (SSSR count). The van der Waals surface area contributed by atoms with E-state index in [1.54, 1.807) is 63.1 Å². The smallest absolute Gasteiger partial charge is 0.275 e. The van der Waals surface area contributed by atoms with E-state index in [-0.39, 0.29) is 5.91 Å². The van der Waals surface area contributed by atoms with Crippen molar-refractivity contribution in [3.63, 3.8) is 0 Å². The number of nitrogens with zero attached hydrogens (tertiary/aromatic N) is 1. The predicted molar refractivity (Wildman–Crippen MR) is 106 cm³/mol. The molecule has 0 unspecified atom stereocenters. The molecular weight excluding hydrogens is 366 g/mol. The maximum atomic E-state index is 12.4. The molecule has 1 heterocycles. The second-order valence-corrected chi connectivity index (χ2v) is 6.27. The number of hydrogen-bond acceptors (Lipinski definition) is 7. The first-order valence-electron chi connectivity index (χ1n) is 8.03. The van der Waals surface area contributed by atoms with E-state index in [0.29, 0.717) is 28.0 Å². The summed E-state index contributed by atoms with van der Waals surface area (Å²) < 4.78 is 15.6. The number of anilines is 3. The first-order valence-corrected chi connectivity index (χ1v) is 8.91. The molecule has 1 amide bonds. The first-order chi connectivity index (χ1) is 13.1. The van der Waals surface area contributed by atoms with E-state index in [4.69, 9.17) is 14.2 Å². The summed E-state index contributed by atoms with van der Waals surface area (Å²) in [5, 5.41) is 8.26. The lowest BCUT2D eigenvalue weighted by Gasteiger charge is -2.09. The van der Waals surface area contributed by atoms with Crippen molar-refractivity contribution in [3.05, 3.63) is 53.5 Å². The zero-order chi connectivity index (χ0) is 19.2. The summed E-state index contributed by atoms with van der Waals surface area (Å²) in [5.41, 5.74) is 1.78. The molecule has 2 aromatic carbocycles. The highest BCUT2D eigenvalue weighted by molar-refractivity contribution is 7.14. The monoisotopic (exact) mass is 385 g/mol. The Morgan fingerprint density at radius 1 is 0.926 bits per heavy atom. The molecule has 0 bridgehead atoms. The average Bonchev–Trinajstić information content (AvgIpc) is 3.17. The van der Waals surface area contributed by atoms with E-state index < -0.39 is 0 Å². The van der Waals surface area contributed by atoms with Crippen LogP contribution in [0.3, 0.4) is 0 Å². The van der Waals surface area contributed by atoms with E-state index in [2.05, 4.69) is 15.6 Å². The van der Waals surface area contributed by atoms with E-state index >= 15 is 0 Å². The Hall–Kier alpha value is -3.26. The van der Waals surface area contributed by atoms with Crippen LogP contribution in [0.5, 0.6) is 17.2 Å². The largest absolute Gasteiger partial charge is 0.497 e. The van der Waals surface area contributed by atoms with Crippen LogP contribution in [0.2, 0.25) is 0 Å². The first kappa shape index (κ1) is 18.5. The molecule has 1 aromatic heterocycles. The number of methoxy groups -OCH3 is 3. The molecule has 0 aliphatic carbocycles. The Balaban J connectivity index is 1.67. The van der Waals surface area contributed by atoms with Gasteiger partial charge in [0.25, 0.3) is 5.91 Å². The molecule has 8 heteroatoms. The van der Waals surface area contributed by atoms with Gasteiger partial charge in [-0.3, -0.25) is 4.79 Å². The molecule has 0 radical (unpaired) electrons. The highest BCUT2D eigenvalue weighted by Crippen LogP contribution is 2.31. The van der Waals surface area contributed by atoms with Gasteiger partial charge in [-0.15, -0.1) is 11.3 Å². The van der Waals surface area contributed by atoms with Gasteiger partial charge in [0.2, 0.25) is 0 Å². The van der Waals surface area contributed by atoms with Gasteiger partial charge >= 0.3 is 0 Å². The summed E-state index contributed by atoms with van der Waals surface area (Å²) in [5.74, 6) is 1.69. The molecule has 0 saturated heterocycles. The second kappa shape index (κ2) is 8.41. The summed E-state index contributed by atoms with van der Waals surface area (Å²) in [6.07, 6.45) is 0. The van der Waals surface area contributed by atoms with Crippen LogP contribution in [0.4, 0.5) is 16.5 Å². The third-order valence-corrected chi connectivity index (χ3v) is 4.48. The fraction of sp³-hybridized carbons (Fsp3) is 0.158. The van der Waals surface area contributed by atoms with Gasteiger partial charge < -0.3 is 24.8 Å². The molecule has 0 aliphatic rings. The quantitative estimate of drug-likeness (QED) is 0.635. The third kappa shape index (κ3) is 4.48. The molecule has 7 nitrogen and oxygen atoms in total. The molecule has 0 saturated carbocycles. The van der Waals surface area contributed by atoms with Crippen LogP contribution in [-0.4, -0.2) is 32.2 Å². The number of ether oxygens (including phenoxy) is 3. The Kier molecular flexibility index (Phi) is 5.77. The van der Waals surface area contributed by atoms with Crippen LogP contribution in [0.25, 0.3) is 0 Å². The summed E-state index contributed by atoms with van der Waals surface area (Å²) in [4.78, 5) is 16.7.